The van der Waals surface area contributed by atoms with Crippen molar-refractivity contribution in [3.63, 3.8) is 0 Å². The summed E-state index contributed by atoms with van der Waals surface area (Å²) >= 11 is 3.56. The minimum atomic E-state index is -0.506. The number of thiophene rings is 1. The van der Waals surface area contributed by atoms with Crippen LogP contribution in [0.1, 0.15) is 20.9 Å². The Bertz CT molecular complexity index is 885. The Morgan fingerprint density at radius 1 is 1.26 bits per heavy atom. The van der Waals surface area contributed by atoms with Gasteiger partial charge < -0.3 is 20.6 Å². The fourth-order valence-electron chi connectivity index (χ4n) is 2.89. The van der Waals surface area contributed by atoms with Gasteiger partial charge in [0, 0.05) is 40.9 Å². The zero-order valence-corrected chi connectivity index (χ0v) is 19.6. The minimum absolute atomic E-state index is 0.164. The predicted octanol–water partition coefficient (Wildman–Crippen LogP) is 3.26. The standard InChI is InChI=1S/C21H29FN4O3S2/c1-15-12-18(31-19(15)13-25(2)3)14-30-11-9-24-21(23-8-10-27)20(26(28)29)16-4-6-17(22)7-5-16/h4-7,12,23-24,27H,8-11,13-14H2,1-3H3. The SMILES string of the molecule is Cc1cc(CSCCNC(NCCO)=C(c2ccc(F)cc2)[N+](=O)[O-])sc1CN(C)C. The Labute approximate surface area is 190 Å². The van der Waals surface area contributed by atoms with Crippen LogP contribution in [-0.2, 0) is 12.3 Å². The molecule has 2 aromatic rings. The first-order valence-corrected chi connectivity index (χ1v) is 11.8. The first kappa shape index (κ1) is 25.1. The molecule has 10 heteroatoms. The number of halogens is 1. The van der Waals surface area contributed by atoms with Crippen LogP contribution in [0.5, 0.6) is 0 Å². The maximum absolute atomic E-state index is 13.2. The molecule has 0 bridgehead atoms. The van der Waals surface area contributed by atoms with Crippen molar-refractivity contribution < 1.29 is 14.4 Å². The van der Waals surface area contributed by atoms with Crippen molar-refractivity contribution >= 4 is 28.8 Å². The Kier molecular flexibility index (Phi) is 10.3. The van der Waals surface area contributed by atoms with Crippen LogP contribution < -0.4 is 10.6 Å². The summed E-state index contributed by atoms with van der Waals surface area (Å²) in [7, 11) is 4.11. The normalized spacial score (nSPS) is 12.1. The van der Waals surface area contributed by atoms with Gasteiger partial charge in [-0.2, -0.15) is 11.8 Å². The molecule has 7 nitrogen and oxygen atoms in total. The van der Waals surface area contributed by atoms with Gasteiger partial charge in [-0.15, -0.1) is 11.3 Å². The van der Waals surface area contributed by atoms with E-state index in [1.54, 1.807) is 11.8 Å². The lowest BCUT2D eigenvalue weighted by molar-refractivity contribution is -0.376. The molecule has 0 spiro atoms. The number of thioether (sulfide) groups is 1. The monoisotopic (exact) mass is 468 g/mol. The second-order valence-electron chi connectivity index (χ2n) is 7.17. The quantitative estimate of drug-likeness (QED) is 0.236. The molecule has 0 unspecified atom stereocenters. The molecule has 0 amide bonds. The summed E-state index contributed by atoms with van der Waals surface area (Å²) < 4.78 is 13.2. The van der Waals surface area contributed by atoms with Gasteiger partial charge >= 0.3 is 5.70 Å². The van der Waals surface area contributed by atoms with E-state index in [0.717, 1.165) is 18.1 Å². The highest BCUT2D eigenvalue weighted by atomic mass is 32.2. The molecule has 1 aromatic heterocycles. The molecule has 1 heterocycles. The van der Waals surface area contributed by atoms with E-state index in [9.17, 15) is 14.5 Å². The number of hydrogen-bond acceptors (Lipinski definition) is 8. The second kappa shape index (κ2) is 12.7. The molecule has 0 radical (unpaired) electrons. The molecule has 2 rings (SSSR count). The maximum Gasteiger partial charge on any atom is 0.316 e. The lowest BCUT2D eigenvalue weighted by atomic mass is 10.1. The van der Waals surface area contributed by atoms with E-state index < -0.39 is 10.7 Å². The highest BCUT2D eigenvalue weighted by Crippen LogP contribution is 2.26. The van der Waals surface area contributed by atoms with Crippen molar-refractivity contribution in [1.29, 1.82) is 0 Å². The Morgan fingerprint density at radius 3 is 2.55 bits per heavy atom. The molecule has 3 N–H and O–H groups in total. The van der Waals surface area contributed by atoms with Crippen LogP contribution in [-0.4, -0.2) is 54.5 Å². The molecule has 0 fully saturated rings. The fraction of sp³-hybridized carbons (Fsp3) is 0.429. The molecule has 0 aliphatic carbocycles. The summed E-state index contributed by atoms with van der Waals surface area (Å²) in [5.41, 5.74) is 1.41. The topological polar surface area (TPSA) is 90.7 Å². The van der Waals surface area contributed by atoms with E-state index in [-0.39, 0.29) is 30.2 Å². The van der Waals surface area contributed by atoms with Crippen LogP contribution >= 0.6 is 23.1 Å². The average Bonchev–Trinajstić information content (AvgIpc) is 3.05. The predicted molar refractivity (Wildman–Crippen MR) is 126 cm³/mol. The van der Waals surface area contributed by atoms with E-state index in [4.69, 9.17) is 5.11 Å². The molecular formula is C21H29FN4O3S2. The molecule has 0 aliphatic rings. The van der Waals surface area contributed by atoms with Gasteiger partial charge in [0.2, 0.25) is 0 Å². The third-order valence-electron chi connectivity index (χ3n) is 4.27. The second-order valence-corrected chi connectivity index (χ2v) is 9.50. The highest BCUT2D eigenvalue weighted by Gasteiger charge is 2.21. The van der Waals surface area contributed by atoms with Gasteiger partial charge in [0.05, 0.1) is 17.1 Å². The van der Waals surface area contributed by atoms with Crippen LogP contribution in [0.3, 0.4) is 0 Å². The van der Waals surface area contributed by atoms with E-state index in [0.29, 0.717) is 6.54 Å². The zero-order valence-electron chi connectivity index (χ0n) is 18.0. The summed E-state index contributed by atoms with van der Waals surface area (Å²) in [4.78, 5) is 16.0. The van der Waals surface area contributed by atoms with Gasteiger partial charge in [0.15, 0.2) is 5.82 Å². The molecule has 0 saturated carbocycles. The molecule has 170 valence electrons. The van der Waals surface area contributed by atoms with Crippen molar-refractivity contribution in [3.8, 4) is 0 Å². The fourth-order valence-corrected chi connectivity index (χ4v) is 5.14. The summed E-state index contributed by atoms with van der Waals surface area (Å²) in [5.74, 6) is 1.38. The minimum Gasteiger partial charge on any atom is -0.395 e. The summed E-state index contributed by atoms with van der Waals surface area (Å²) in [6, 6.07) is 7.33. The van der Waals surface area contributed by atoms with Gasteiger partial charge in [-0.25, -0.2) is 4.39 Å². The molecule has 0 aliphatic heterocycles. The van der Waals surface area contributed by atoms with Crippen molar-refractivity contribution in [3.05, 3.63) is 73.0 Å². The van der Waals surface area contributed by atoms with Crippen LogP contribution in [0.4, 0.5) is 4.39 Å². The lowest BCUT2D eigenvalue weighted by Gasteiger charge is -2.13. The summed E-state index contributed by atoms with van der Waals surface area (Å²) in [6.07, 6.45) is 0. The smallest absolute Gasteiger partial charge is 0.316 e. The Balaban J connectivity index is 1.99. The van der Waals surface area contributed by atoms with Crippen molar-refractivity contribution in [2.45, 2.75) is 19.2 Å². The Hall–Kier alpha value is -2.14. The number of nitro groups is 1. The summed E-state index contributed by atoms with van der Waals surface area (Å²) in [6.45, 7) is 3.56. The highest BCUT2D eigenvalue weighted by molar-refractivity contribution is 7.98. The molecular weight excluding hydrogens is 439 g/mol. The van der Waals surface area contributed by atoms with E-state index >= 15 is 0 Å². The number of aliphatic hydroxyl groups excluding tert-OH is 1. The van der Waals surface area contributed by atoms with Crippen LogP contribution in [0.15, 0.2) is 36.2 Å². The van der Waals surface area contributed by atoms with Gasteiger partial charge in [-0.05, 0) is 56.9 Å². The number of aliphatic hydroxyl groups is 1. The number of hydrogen-bond donors (Lipinski definition) is 3. The molecule has 1 aromatic carbocycles. The first-order valence-electron chi connectivity index (χ1n) is 9.85. The largest absolute Gasteiger partial charge is 0.395 e. The lowest BCUT2D eigenvalue weighted by Crippen LogP contribution is -2.32. The third kappa shape index (κ3) is 8.13. The summed E-state index contributed by atoms with van der Waals surface area (Å²) in [5, 5.41) is 26.7. The van der Waals surface area contributed by atoms with Gasteiger partial charge in [-0.1, -0.05) is 0 Å². The van der Waals surface area contributed by atoms with Crippen molar-refractivity contribution in [1.82, 2.24) is 15.5 Å². The Morgan fingerprint density at radius 2 is 1.94 bits per heavy atom. The van der Waals surface area contributed by atoms with E-state index in [2.05, 4.69) is 42.6 Å². The third-order valence-corrected chi connectivity index (χ3v) is 6.69. The van der Waals surface area contributed by atoms with E-state index in [1.807, 2.05) is 11.3 Å². The van der Waals surface area contributed by atoms with E-state index in [1.165, 1.54) is 39.6 Å². The molecule has 0 atom stereocenters. The zero-order chi connectivity index (χ0) is 22.8. The van der Waals surface area contributed by atoms with Crippen LogP contribution in [0.25, 0.3) is 5.70 Å². The number of nitrogens with zero attached hydrogens (tertiary/aromatic N) is 2. The molecule has 31 heavy (non-hydrogen) atoms. The molecule has 0 saturated heterocycles. The number of benzene rings is 1. The first-order chi connectivity index (χ1) is 14.8. The van der Waals surface area contributed by atoms with Crippen LogP contribution in [0, 0.1) is 22.9 Å². The van der Waals surface area contributed by atoms with Gasteiger partial charge in [-0.3, -0.25) is 10.1 Å². The number of rotatable bonds is 13. The maximum atomic E-state index is 13.2. The van der Waals surface area contributed by atoms with Crippen molar-refractivity contribution in [2.75, 3.05) is 39.5 Å². The van der Waals surface area contributed by atoms with Crippen molar-refractivity contribution in [2.24, 2.45) is 0 Å². The van der Waals surface area contributed by atoms with Gasteiger partial charge in [0.25, 0.3) is 0 Å². The van der Waals surface area contributed by atoms with Crippen LogP contribution in [0.2, 0.25) is 0 Å². The average molecular weight is 469 g/mol. The number of aryl methyl sites for hydroxylation is 1. The van der Waals surface area contributed by atoms with Gasteiger partial charge in [0.1, 0.15) is 5.82 Å². The number of nitrogens with one attached hydrogen (secondary N) is 2.